The molecule has 45 heavy (non-hydrogen) atoms. The van der Waals surface area contributed by atoms with Crippen molar-refractivity contribution in [2.24, 2.45) is 0 Å². The molecule has 9 nitrogen and oxygen atoms in total. The van der Waals surface area contributed by atoms with Gasteiger partial charge in [0.15, 0.2) is 0 Å². The number of nitrogens with one attached hydrogen (secondary N) is 1. The Morgan fingerprint density at radius 1 is 1.13 bits per heavy atom. The van der Waals surface area contributed by atoms with Crippen molar-refractivity contribution in [3.05, 3.63) is 87.7 Å². The number of carbonyl (C=O) groups excluding carboxylic acids is 2. The molecule has 1 saturated heterocycles. The van der Waals surface area contributed by atoms with Crippen LogP contribution in [-0.4, -0.2) is 76.6 Å². The molecule has 3 aliphatic rings. The van der Waals surface area contributed by atoms with Crippen LogP contribution in [-0.2, 0) is 23.2 Å². The molecular weight excluding hydrogens is 623 g/mol. The average molecular weight is 659 g/mol. The maximum Gasteiger partial charge on any atom is 0.254 e. The van der Waals surface area contributed by atoms with Crippen LogP contribution in [0.5, 0.6) is 0 Å². The summed E-state index contributed by atoms with van der Waals surface area (Å²) in [5.74, 6) is -1.49. The maximum absolute atomic E-state index is 14.3. The van der Waals surface area contributed by atoms with Gasteiger partial charge in [0.25, 0.3) is 5.91 Å². The van der Waals surface area contributed by atoms with E-state index >= 15 is 0 Å². The third kappa shape index (κ3) is 6.79. The van der Waals surface area contributed by atoms with E-state index < -0.39 is 17.0 Å². The monoisotopic (exact) mass is 657 g/mol. The first-order chi connectivity index (χ1) is 20.5. The van der Waals surface area contributed by atoms with Gasteiger partial charge in [-0.1, -0.05) is 26.0 Å². The quantitative estimate of drug-likeness (QED) is 0.427. The lowest BCUT2D eigenvalue weighted by atomic mass is 9.91. The fourth-order valence-corrected chi connectivity index (χ4v) is 6.33. The number of anilines is 1. The van der Waals surface area contributed by atoms with E-state index in [9.17, 15) is 23.6 Å². The van der Waals surface area contributed by atoms with Crippen LogP contribution in [0.3, 0.4) is 0 Å². The summed E-state index contributed by atoms with van der Waals surface area (Å²) in [6, 6.07) is 12.6. The van der Waals surface area contributed by atoms with Crippen molar-refractivity contribution < 1.29 is 18.4 Å². The number of carbonyl (C=O) groups is 2. The topological polar surface area (TPSA) is 105 Å². The van der Waals surface area contributed by atoms with Crippen molar-refractivity contribution >= 4 is 42.3 Å². The molecule has 1 fully saturated rings. The van der Waals surface area contributed by atoms with Gasteiger partial charge in [-0.3, -0.25) is 14.5 Å². The van der Waals surface area contributed by atoms with Crippen LogP contribution in [0.25, 0.3) is 0 Å². The van der Waals surface area contributed by atoms with Crippen molar-refractivity contribution in [3.63, 3.8) is 0 Å². The molecular formula is C32H35Cl2F2N7O2. The molecule has 0 unspecified atom stereocenters. The minimum absolute atomic E-state index is 0. The molecule has 0 saturated carbocycles. The van der Waals surface area contributed by atoms with Gasteiger partial charge in [-0.2, -0.15) is 15.5 Å². The molecule has 1 N–H and O–H groups in total. The first-order valence-electron chi connectivity index (χ1n) is 14.4. The first-order valence-corrected chi connectivity index (χ1v) is 14.4. The summed E-state index contributed by atoms with van der Waals surface area (Å²) < 4.78 is 27.8. The Morgan fingerprint density at radius 2 is 1.91 bits per heavy atom. The highest BCUT2D eigenvalue weighted by molar-refractivity contribution is 5.99. The molecule has 4 heterocycles. The van der Waals surface area contributed by atoms with Gasteiger partial charge in [-0.25, -0.2) is 8.78 Å². The number of hydrogen-bond donors (Lipinski definition) is 1. The number of piperazine rings is 1. The molecule has 1 aromatic heterocycles. The number of nitrogens with zero attached hydrogens (tertiary/aromatic N) is 6. The number of aromatic nitrogens is 2. The predicted octanol–water partition coefficient (Wildman–Crippen LogP) is 4.00. The second kappa shape index (κ2) is 13.3. The van der Waals surface area contributed by atoms with Crippen molar-refractivity contribution in [1.29, 1.82) is 5.26 Å². The molecule has 238 valence electrons. The highest BCUT2D eigenvalue weighted by atomic mass is 35.5. The zero-order valence-electron chi connectivity index (χ0n) is 25.2. The van der Waals surface area contributed by atoms with Gasteiger partial charge < -0.3 is 15.1 Å². The van der Waals surface area contributed by atoms with Crippen molar-refractivity contribution in [2.45, 2.75) is 51.2 Å². The largest absolute Gasteiger partial charge is 0.333 e. The van der Waals surface area contributed by atoms with Gasteiger partial charge in [-0.15, -0.1) is 24.8 Å². The molecule has 2 atom stereocenters. The Kier molecular flexibility index (Phi) is 10.1. The number of amides is 2. The number of fused-ring (bicyclic) bond motifs is 2. The van der Waals surface area contributed by atoms with E-state index in [4.69, 9.17) is 0 Å². The number of halogens is 4. The van der Waals surface area contributed by atoms with Crippen LogP contribution in [0.4, 0.5) is 14.5 Å². The smallest absolute Gasteiger partial charge is 0.254 e. The summed E-state index contributed by atoms with van der Waals surface area (Å²) in [5, 5.41) is 21.5. The van der Waals surface area contributed by atoms with Gasteiger partial charge in [0.1, 0.15) is 11.6 Å². The highest BCUT2D eigenvalue weighted by Crippen LogP contribution is 2.39. The van der Waals surface area contributed by atoms with Crippen molar-refractivity contribution in [2.75, 3.05) is 37.6 Å². The van der Waals surface area contributed by atoms with Gasteiger partial charge in [-0.05, 0) is 42.3 Å². The Morgan fingerprint density at radius 3 is 2.64 bits per heavy atom. The lowest BCUT2D eigenvalue weighted by Crippen LogP contribution is -2.60. The molecule has 0 bridgehead atoms. The third-order valence-electron chi connectivity index (χ3n) is 8.61. The summed E-state index contributed by atoms with van der Waals surface area (Å²) >= 11 is 0. The predicted molar refractivity (Wildman–Crippen MR) is 170 cm³/mol. The van der Waals surface area contributed by atoms with E-state index in [1.807, 2.05) is 19.9 Å². The summed E-state index contributed by atoms with van der Waals surface area (Å²) in [7, 11) is 0. The van der Waals surface area contributed by atoms with Gasteiger partial charge in [0.05, 0.1) is 35.3 Å². The van der Waals surface area contributed by atoms with Crippen LogP contribution in [0.2, 0.25) is 0 Å². The van der Waals surface area contributed by atoms with Crippen LogP contribution < -0.4 is 10.2 Å². The number of hydrogen-bond acceptors (Lipinski definition) is 7. The van der Waals surface area contributed by atoms with Crippen LogP contribution in [0, 0.1) is 23.0 Å². The van der Waals surface area contributed by atoms with E-state index in [1.54, 1.807) is 28.0 Å². The van der Waals surface area contributed by atoms with E-state index in [1.165, 1.54) is 12.1 Å². The maximum atomic E-state index is 14.3. The molecule has 13 heteroatoms. The minimum Gasteiger partial charge on any atom is -0.333 e. The lowest BCUT2D eigenvalue weighted by molar-refractivity contribution is -0.120. The van der Waals surface area contributed by atoms with E-state index in [0.29, 0.717) is 66.5 Å². The normalized spacial score (nSPS) is 20.1. The Balaban J connectivity index is 0.00000230. The van der Waals surface area contributed by atoms with E-state index in [0.717, 1.165) is 11.6 Å². The molecule has 3 aromatic rings. The molecule has 2 amide bonds. The van der Waals surface area contributed by atoms with Gasteiger partial charge in [0.2, 0.25) is 5.91 Å². The number of nitriles is 1. The van der Waals surface area contributed by atoms with E-state index in [-0.39, 0.29) is 61.7 Å². The fraction of sp³-hybridized carbons (Fsp3) is 0.406. The number of rotatable bonds is 6. The summed E-state index contributed by atoms with van der Waals surface area (Å²) in [4.78, 5) is 32.8. The van der Waals surface area contributed by atoms with E-state index in [2.05, 4.69) is 33.4 Å². The Labute approximate surface area is 273 Å². The molecule has 0 radical (unpaired) electrons. The lowest BCUT2D eigenvalue weighted by Gasteiger charge is -2.41. The van der Waals surface area contributed by atoms with Crippen LogP contribution in [0.15, 0.2) is 42.5 Å². The molecule has 3 aliphatic heterocycles. The molecule has 2 aromatic carbocycles. The highest BCUT2D eigenvalue weighted by Gasteiger charge is 2.42. The third-order valence-corrected chi connectivity index (χ3v) is 8.61. The van der Waals surface area contributed by atoms with Crippen molar-refractivity contribution in [3.8, 4) is 6.07 Å². The Bertz CT molecular complexity index is 1660. The zero-order chi connectivity index (χ0) is 30.5. The van der Waals surface area contributed by atoms with Crippen LogP contribution in [0.1, 0.15) is 59.2 Å². The minimum atomic E-state index is -0.653. The summed E-state index contributed by atoms with van der Waals surface area (Å²) in [6.45, 7) is 8.85. The second-order valence-corrected chi connectivity index (χ2v) is 12.4. The number of benzene rings is 2. The fourth-order valence-electron chi connectivity index (χ4n) is 6.33. The van der Waals surface area contributed by atoms with Crippen LogP contribution >= 0.6 is 24.8 Å². The molecule has 0 spiro atoms. The zero-order valence-corrected chi connectivity index (χ0v) is 26.9. The standard InChI is InChI=1S/C32H33F2N7O2.2ClH/c1-19-14-39(25(13-36-19)16-40-15-22-5-4-20(12-35)8-26(22)31(40)43)17-29(42)41-18-32(2,3)30-28(41)11-24(37-38-30)9-21-6-7-23(33)10-27(21)34;;/h4-8,10-11,19,25,36H,9,13-18H2,1-3H3;2*1H/t19-,25-;;/m1../s1. The second-order valence-electron chi connectivity index (χ2n) is 12.4. The van der Waals surface area contributed by atoms with Crippen molar-refractivity contribution in [1.82, 2.24) is 25.3 Å². The molecule has 6 rings (SSSR count). The molecule has 0 aliphatic carbocycles. The van der Waals surface area contributed by atoms with Gasteiger partial charge >= 0.3 is 0 Å². The SMILES string of the molecule is C[C@@H]1CN(CC(=O)N2CC(C)(C)c3nnc(Cc4ccc(F)cc4F)cc32)[C@@H](CN2Cc3ccc(C#N)cc3C2=O)CN1.Cl.Cl. The summed E-state index contributed by atoms with van der Waals surface area (Å²) in [6.07, 6.45) is 0.119. The first kappa shape index (κ1) is 34.2. The van der Waals surface area contributed by atoms with Gasteiger partial charge in [0, 0.05) is 68.3 Å². The summed E-state index contributed by atoms with van der Waals surface area (Å²) in [5.41, 5.74) is 3.63. The average Bonchev–Trinajstić information content (AvgIpc) is 3.43. The Hall–Kier alpha value is -3.69.